The van der Waals surface area contributed by atoms with E-state index in [2.05, 4.69) is 43.1 Å². The van der Waals surface area contributed by atoms with Crippen molar-refractivity contribution < 1.29 is 0 Å². The molecule has 2 N–H and O–H groups in total. The Morgan fingerprint density at radius 1 is 0.800 bits per heavy atom. The van der Waals surface area contributed by atoms with Gasteiger partial charge in [-0.15, -0.1) is 0 Å². The molecule has 25 heavy (non-hydrogen) atoms. The Morgan fingerprint density at radius 3 is 2.04 bits per heavy atom. The molecule has 2 nitrogen and oxygen atoms in total. The molecule has 0 unspecified atom stereocenters. The quantitative estimate of drug-likeness (QED) is 0.423. The van der Waals surface area contributed by atoms with Gasteiger partial charge in [-0.1, -0.05) is 88.8 Å². The van der Waals surface area contributed by atoms with Crippen LogP contribution in [0, 0.1) is 6.92 Å². The van der Waals surface area contributed by atoms with Gasteiger partial charge in [-0.25, -0.2) is 4.98 Å². The molecular weight excluding hydrogens is 304 g/mol. The first kappa shape index (κ1) is 19.8. The van der Waals surface area contributed by atoms with Crippen molar-refractivity contribution in [2.45, 2.75) is 90.9 Å². The molecule has 0 aliphatic rings. The van der Waals surface area contributed by atoms with Crippen LogP contribution in [0.2, 0.25) is 0 Å². The molecule has 1 aromatic heterocycles. The third kappa shape index (κ3) is 7.05. The van der Waals surface area contributed by atoms with Gasteiger partial charge in [0.05, 0.1) is 0 Å². The predicted octanol–water partition coefficient (Wildman–Crippen LogP) is 6.98. The maximum atomic E-state index is 6.14. The van der Waals surface area contributed by atoms with Crippen molar-refractivity contribution in [1.82, 2.24) is 4.98 Å². The molecule has 0 bridgehead atoms. The van der Waals surface area contributed by atoms with E-state index in [0.717, 1.165) is 17.5 Å². The highest BCUT2D eigenvalue weighted by atomic mass is 14.8. The lowest BCUT2D eigenvalue weighted by Crippen LogP contribution is -1.98. The lowest BCUT2D eigenvalue weighted by Gasteiger charge is -2.07. The fourth-order valence-corrected chi connectivity index (χ4v) is 3.54. The van der Waals surface area contributed by atoms with Crippen molar-refractivity contribution in [3.63, 3.8) is 0 Å². The molecule has 1 aromatic carbocycles. The summed E-state index contributed by atoms with van der Waals surface area (Å²) < 4.78 is 0. The molecular formula is C23H36N2. The Kier molecular flexibility index (Phi) is 8.79. The minimum Gasteiger partial charge on any atom is -0.383 e. The van der Waals surface area contributed by atoms with Crippen molar-refractivity contribution in [3.05, 3.63) is 35.5 Å². The van der Waals surface area contributed by atoms with Gasteiger partial charge in [0.2, 0.25) is 0 Å². The number of rotatable bonds is 12. The van der Waals surface area contributed by atoms with E-state index in [1.807, 2.05) is 0 Å². The second kappa shape index (κ2) is 11.1. The maximum absolute atomic E-state index is 6.14. The van der Waals surface area contributed by atoms with Crippen LogP contribution >= 0.6 is 0 Å². The Labute approximate surface area is 154 Å². The summed E-state index contributed by atoms with van der Waals surface area (Å²) in [5.74, 6) is 0.680. The third-order valence-corrected chi connectivity index (χ3v) is 5.11. The van der Waals surface area contributed by atoms with Crippen molar-refractivity contribution >= 4 is 16.6 Å². The monoisotopic (exact) mass is 340 g/mol. The average molecular weight is 341 g/mol. The highest BCUT2D eigenvalue weighted by Crippen LogP contribution is 2.22. The second-order valence-corrected chi connectivity index (χ2v) is 7.51. The molecule has 0 atom stereocenters. The summed E-state index contributed by atoms with van der Waals surface area (Å²) in [6.07, 6.45) is 16.2. The minimum atomic E-state index is 0.680. The number of aryl methyl sites for hydroxylation is 2. The fraction of sp³-hybridized carbons (Fsp3) is 0.609. The molecule has 0 fully saturated rings. The van der Waals surface area contributed by atoms with Crippen LogP contribution in [0.25, 0.3) is 10.8 Å². The summed E-state index contributed by atoms with van der Waals surface area (Å²) in [5.41, 5.74) is 8.52. The van der Waals surface area contributed by atoms with E-state index in [-0.39, 0.29) is 0 Å². The zero-order chi connectivity index (χ0) is 17.9. The first-order valence-corrected chi connectivity index (χ1v) is 10.4. The van der Waals surface area contributed by atoms with Gasteiger partial charge in [0.1, 0.15) is 5.82 Å². The zero-order valence-corrected chi connectivity index (χ0v) is 16.3. The number of benzene rings is 1. The average Bonchev–Trinajstić information content (AvgIpc) is 2.60. The van der Waals surface area contributed by atoms with Crippen LogP contribution in [0.5, 0.6) is 0 Å². The van der Waals surface area contributed by atoms with Crippen molar-refractivity contribution in [1.29, 1.82) is 0 Å². The van der Waals surface area contributed by atoms with Gasteiger partial charge in [0.15, 0.2) is 0 Å². The van der Waals surface area contributed by atoms with Gasteiger partial charge >= 0.3 is 0 Å². The minimum absolute atomic E-state index is 0.680. The Balaban J connectivity index is 1.61. The molecule has 1 heterocycles. The Morgan fingerprint density at radius 2 is 1.40 bits per heavy atom. The first-order chi connectivity index (χ1) is 12.2. The van der Waals surface area contributed by atoms with Crippen molar-refractivity contribution in [2.75, 3.05) is 5.73 Å². The summed E-state index contributed by atoms with van der Waals surface area (Å²) in [6.45, 7) is 4.38. The van der Waals surface area contributed by atoms with E-state index in [1.54, 1.807) is 0 Å². The summed E-state index contributed by atoms with van der Waals surface area (Å²) >= 11 is 0. The fourth-order valence-electron chi connectivity index (χ4n) is 3.54. The van der Waals surface area contributed by atoms with E-state index >= 15 is 0 Å². The van der Waals surface area contributed by atoms with Gasteiger partial charge in [-0.3, -0.25) is 0 Å². The Bertz CT molecular complexity index is 633. The summed E-state index contributed by atoms with van der Waals surface area (Å²) in [7, 11) is 0. The number of hydrogen-bond donors (Lipinski definition) is 1. The molecule has 2 rings (SSSR count). The van der Waals surface area contributed by atoms with Crippen LogP contribution in [0.1, 0.15) is 88.8 Å². The van der Waals surface area contributed by atoms with Crippen LogP contribution in [-0.4, -0.2) is 4.98 Å². The topological polar surface area (TPSA) is 38.9 Å². The van der Waals surface area contributed by atoms with Crippen LogP contribution < -0.4 is 5.73 Å². The van der Waals surface area contributed by atoms with Crippen molar-refractivity contribution in [3.8, 4) is 0 Å². The van der Waals surface area contributed by atoms with Crippen molar-refractivity contribution in [2.24, 2.45) is 0 Å². The predicted molar refractivity (Wildman–Crippen MR) is 111 cm³/mol. The van der Waals surface area contributed by atoms with Gasteiger partial charge in [-0.2, -0.15) is 0 Å². The molecule has 0 aliphatic carbocycles. The summed E-state index contributed by atoms with van der Waals surface area (Å²) in [4.78, 5) is 4.60. The lowest BCUT2D eigenvalue weighted by molar-refractivity contribution is 0.549. The van der Waals surface area contributed by atoms with E-state index < -0.39 is 0 Å². The number of nitrogens with two attached hydrogens (primary N) is 1. The molecule has 0 spiro atoms. The molecule has 138 valence electrons. The summed E-state index contributed by atoms with van der Waals surface area (Å²) in [6, 6.07) is 8.64. The van der Waals surface area contributed by atoms with Crippen LogP contribution in [0.4, 0.5) is 5.82 Å². The molecule has 2 heteroatoms. The van der Waals surface area contributed by atoms with E-state index in [4.69, 9.17) is 5.73 Å². The second-order valence-electron chi connectivity index (χ2n) is 7.51. The maximum Gasteiger partial charge on any atom is 0.131 e. The van der Waals surface area contributed by atoms with E-state index in [9.17, 15) is 0 Å². The largest absolute Gasteiger partial charge is 0.383 e. The SMILES string of the molecule is CCCCCCCCCCCCCc1cc2ccc(C)cc2c(N)n1. The molecule has 0 aliphatic heterocycles. The first-order valence-electron chi connectivity index (χ1n) is 10.4. The zero-order valence-electron chi connectivity index (χ0n) is 16.3. The molecule has 0 saturated heterocycles. The number of unbranched alkanes of at least 4 members (excludes halogenated alkanes) is 10. The Hall–Kier alpha value is -1.57. The molecule has 0 radical (unpaired) electrons. The summed E-state index contributed by atoms with van der Waals surface area (Å²) in [5, 5.41) is 2.30. The molecule has 2 aromatic rings. The van der Waals surface area contributed by atoms with E-state index in [1.165, 1.54) is 81.6 Å². The van der Waals surface area contributed by atoms with Gasteiger partial charge in [-0.05, 0) is 37.3 Å². The number of nitrogen functional groups attached to an aromatic ring is 1. The number of nitrogens with zero attached hydrogens (tertiary/aromatic N) is 1. The highest BCUT2D eigenvalue weighted by molar-refractivity contribution is 5.91. The highest BCUT2D eigenvalue weighted by Gasteiger charge is 2.04. The number of aromatic nitrogens is 1. The standard InChI is InChI=1S/C23H36N2/c1-3-4-5-6-7-8-9-10-11-12-13-14-21-18-20-16-15-19(2)17-22(20)23(24)25-21/h15-18H,3-14H2,1-2H3,(H2,24,25). The van der Waals surface area contributed by atoms with E-state index in [0.29, 0.717) is 5.82 Å². The number of hydrogen-bond acceptors (Lipinski definition) is 2. The van der Waals surface area contributed by atoms with Crippen LogP contribution in [0.3, 0.4) is 0 Å². The normalized spacial score (nSPS) is 11.3. The number of fused-ring (bicyclic) bond motifs is 1. The lowest BCUT2D eigenvalue weighted by atomic mass is 10.0. The smallest absolute Gasteiger partial charge is 0.131 e. The number of pyridine rings is 1. The number of anilines is 1. The molecule has 0 amide bonds. The van der Waals surface area contributed by atoms with Crippen LogP contribution in [-0.2, 0) is 6.42 Å². The van der Waals surface area contributed by atoms with Gasteiger partial charge in [0.25, 0.3) is 0 Å². The van der Waals surface area contributed by atoms with Gasteiger partial charge in [0, 0.05) is 11.1 Å². The van der Waals surface area contributed by atoms with Gasteiger partial charge < -0.3 is 5.73 Å². The molecule has 0 saturated carbocycles. The van der Waals surface area contributed by atoms with Crippen LogP contribution in [0.15, 0.2) is 24.3 Å². The third-order valence-electron chi connectivity index (χ3n) is 5.11.